The van der Waals surface area contributed by atoms with Crippen LogP contribution in [0.2, 0.25) is 0 Å². The number of fused-ring (bicyclic) bond motifs is 6. The fourth-order valence-electron chi connectivity index (χ4n) is 9.09. The van der Waals surface area contributed by atoms with Crippen LogP contribution in [0.1, 0.15) is 18.7 Å². The monoisotopic (exact) mass is 813 g/mol. The van der Waals surface area contributed by atoms with E-state index in [1.807, 2.05) is 39.5 Å². The van der Waals surface area contributed by atoms with Gasteiger partial charge in [-0.1, -0.05) is 6.07 Å². The van der Waals surface area contributed by atoms with Crippen molar-refractivity contribution >= 4 is 55.4 Å². The molecule has 2 aromatic carbocycles. The molecule has 3 saturated heterocycles. The van der Waals surface area contributed by atoms with Crippen LogP contribution in [0.5, 0.6) is 0 Å². The van der Waals surface area contributed by atoms with Crippen molar-refractivity contribution in [2.45, 2.75) is 50.0 Å². The number of nitrogens with zero attached hydrogens (tertiary/aromatic N) is 10. The van der Waals surface area contributed by atoms with Gasteiger partial charge in [0.2, 0.25) is 11.9 Å². The normalized spacial score (nSPS) is 22.5. The molecule has 19 heteroatoms. The summed E-state index contributed by atoms with van der Waals surface area (Å²) < 4.78 is 78.5. The number of hydrogen-bond acceptors (Lipinski definition) is 12. The summed E-state index contributed by atoms with van der Waals surface area (Å²) in [5.74, 6) is -0.638. The summed E-state index contributed by atoms with van der Waals surface area (Å²) in [5.41, 5.74) is 1.77. The van der Waals surface area contributed by atoms with Gasteiger partial charge < -0.3 is 29.3 Å². The molecule has 3 fully saturated rings. The Labute approximate surface area is 330 Å². The predicted molar refractivity (Wildman–Crippen MR) is 209 cm³/mol. The van der Waals surface area contributed by atoms with Crippen molar-refractivity contribution in [3.63, 3.8) is 0 Å². The van der Waals surface area contributed by atoms with Gasteiger partial charge in [-0.25, -0.2) is 36.2 Å². The van der Waals surface area contributed by atoms with Gasteiger partial charge in [-0.2, -0.15) is 15.1 Å². The third kappa shape index (κ3) is 5.84. The first-order valence-corrected chi connectivity index (χ1v) is 20.8. The summed E-state index contributed by atoms with van der Waals surface area (Å²) >= 11 is 0. The number of carbonyl (C=O) groups is 1. The smallest absolute Gasteiger partial charge is 0.245 e. The molecule has 0 unspecified atom stereocenters. The summed E-state index contributed by atoms with van der Waals surface area (Å²) in [6, 6.07) is 10.3. The maximum Gasteiger partial charge on any atom is 0.245 e. The highest BCUT2D eigenvalue weighted by molar-refractivity contribution is 7.93. The minimum atomic E-state index is -3.23. The molecular formula is C39H38F3N11O4S. The van der Waals surface area contributed by atoms with Gasteiger partial charge in [0.1, 0.15) is 40.8 Å². The zero-order valence-corrected chi connectivity index (χ0v) is 32.5. The fourth-order valence-corrected chi connectivity index (χ4v) is 11.2. The molecule has 3 atom stereocenters. The molecule has 58 heavy (non-hydrogen) atoms. The number of amides is 1. The molecule has 300 valence electrons. The lowest BCUT2D eigenvalue weighted by molar-refractivity contribution is -0.132. The maximum absolute atomic E-state index is 15.3. The molecular weight excluding hydrogens is 776 g/mol. The lowest BCUT2D eigenvalue weighted by Crippen LogP contribution is -2.73. The number of rotatable bonds is 4. The van der Waals surface area contributed by atoms with E-state index >= 15 is 8.78 Å². The minimum Gasteiger partial charge on any atom is -0.378 e. The topological polar surface area (TPSA) is 156 Å². The summed E-state index contributed by atoms with van der Waals surface area (Å²) in [4.78, 5) is 39.6. The van der Waals surface area contributed by atoms with Gasteiger partial charge >= 0.3 is 0 Å². The second kappa shape index (κ2) is 13.1. The first kappa shape index (κ1) is 36.5. The second-order valence-electron chi connectivity index (χ2n) is 15.7. The van der Waals surface area contributed by atoms with Gasteiger partial charge in [-0.05, 0) is 50.1 Å². The van der Waals surface area contributed by atoms with Crippen LogP contribution < -0.4 is 15.1 Å². The van der Waals surface area contributed by atoms with E-state index in [-0.39, 0.29) is 53.8 Å². The number of pyridine rings is 1. The molecule has 1 amide bonds. The quantitative estimate of drug-likeness (QED) is 0.275. The Morgan fingerprint density at radius 1 is 0.966 bits per heavy atom. The number of methoxy groups -OCH3 is 1. The van der Waals surface area contributed by atoms with Gasteiger partial charge in [-0.3, -0.25) is 4.79 Å². The average molecular weight is 814 g/mol. The van der Waals surface area contributed by atoms with Gasteiger partial charge in [0, 0.05) is 57.5 Å². The first-order chi connectivity index (χ1) is 27.8. The molecule has 8 heterocycles. The number of sulfone groups is 1. The van der Waals surface area contributed by atoms with Gasteiger partial charge in [0.05, 0.1) is 58.0 Å². The van der Waals surface area contributed by atoms with Crippen LogP contribution in [0.25, 0.3) is 39.0 Å². The van der Waals surface area contributed by atoms with Crippen LogP contribution in [0.15, 0.2) is 54.7 Å². The minimum absolute atomic E-state index is 0.0435. The highest BCUT2D eigenvalue weighted by Crippen LogP contribution is 2.44. The molecule has 10 rings (SSSR count). The van der Waals surface area contributed by atoms with Gasteiger partial charge in [-0.15, -0.1) is 0 Å². The molecule has 4 aromatic heterocycles. The Kier molecular flexibility index (Phi) is 8.25. The lowest BCUT2D eigenvalue weighted by Gasteiger charge is -2.57. The first-order valence-electron chi connectivity index (χ1n) is 18.9. The number of halogens is 3. The lowest BCUT2D eigenvalue weighted by atomic mass is 9.88. The van der Waals surface area contributed by atoms with Crippen molar-refractivity contribution in [1.29, 1.82) is 0 Å². The Balaban J connectivity index is 1.11. The number of imidazole rings is 1. The summed E-state index contributed by atoms with van der Waals surface area (Å²) in [6.45, 7) is 3.11. The van der Waals surface area contributed by atoms with Crippen LogP contribution in [0.4, 0.5) is 30.8 Å². The van der Waals surface area contributed by atoms with Crippen LogP contribution in [-0.2, 0) is 25.9 Å². The van der Waals surface area contributed by atoms with Crippen molar-refractivity contribution in [1.82, 2.24) is 39.2 Å². The zero-order chi connectivity index (χ0) is 40.2. The molecule has 4 aliphatic heterocycles. The Bertz CT molecular complexity index is 2780. The number of ether oxygens (including phenoxy) is 1. The van der Waals surface area contributed by atoms with Crippen molar-refractivity contribution in [3.05, 3.63) is 78.0 Å². The van der Waals surface area contributed by atoms with E-state index in [0.717, 1.165) is 12.1 Å². The van der Waals surface area contributed by atoms with Crippen LogP contribution in [-0.4, -0.2) is 123 Å². The Morgan fingerprint density at radius 3 is 2.53 bits per heavy atom. The van der Waals surface area contributed by atoms with Crippen LogP contribution in [0, 0.1) is 24.4 Å². The zero-order valence-electron chi connectivity index (χ0n) is 31.7. The number of likely N-dealkylation sites (N-methyl/N-ethyl adjacent to an activating group) is 1. The van der Waals surface area contributed by atoms with Gasteiger partial charge in [0.15, 0.2) is 21.3 Å². The maximum atomic E-state index is 15.3. The highest BCUT2D eigenvalue weighted by Gasteiger charge is 2.58. The Morgan fingerprint density at radius 2 is 1.79 bits per heavy atom. The number of aryl methyl sites for hydroxylation is 1. The highest BCUT2D eigenvalue weighted by atomic mass is 32.2. The van der Waals surface area contributed by atoms with Crippen LogP contribution in [0.3, 0.4) is 0 Å². The molecule has 4 aliphatic rings. The number of hydrogen-bond donors (Lipinski definition) is 1. The molecule has 0 radical (unpaired) electrons. The molecule has 15 nitrogen and oxygen atoms in total. The Hall–Kier alpha value is -5.82. The molecule has 0 aliphatic carbocycles. The summed E-state index contributed by atoms with van der Waals surface area (Å²) in [7, 11) is 0.0660. The summed E-state index contributed by atoms with van der Waals surface area (Å²) in [6.07, 6.45) is 1.96. The fraction of sp³-hybridized carbons (Fsp3) is 0.385. The van der Waals surface area contributed by atoms with E-state index in [4.69, 9.17) is 19.7 Å². The third-order valence-electron chi connectivity index (χ3n) is 11.9. The summed E-state index contributed by atoms with van der Waals surface area (Å²) in [5, 5.41) is 8.41. The van der Waals surface area contributed by atoms with E-state index in [9.17, 15) is 17.6 Å². The number of nitrogens with one attached hydrogen (secondary N) is 1. The predicted octanol–water partition coefficient (Wildman–Crippen LogP) is 3.88. The van der Waals surface area contributed by atoms with E-state index in [2.05, 4.69) is 15.4 Å². The average Bonchev–Trinajstić information content (AvgIpc) is 3.86. The van der Waals surface area contributed by atoms with Crippen LogP contribution >= 0.6 is 0 Å². The molecule has 6 aromatic rings. The van der Waals surface area contributed by atoms with Crippen molar-refractivity contribution in [2.24, 2.45) is 0 Å². The molecule has 1 N–H and O–H groups in total. The van der Waals surface area contributed by atoms with E-state index in [0.29, 0.717) is 71.1 Å². The standard InChI is InChI=1S/C39H38F3N11O4S/c1-21-44-30-13-23(41)11-26-29-5-4-6-33(46-29)45-24-14-32(37(54)49(2)17-25(57-3)18-50(21)34(26)30)51(16-24)35-27-15-43-53(31-8-7-22(40)12-28(31)42)36(27)48-38(47-35)52-10-9-39(52)19-58(55,56)20-39/h4-8,11-13,15,24-25,32H,9-10,14,16-20H2,1-3H3,(H,45,46)/t24-,25-,32-/m0/s1. The van der Waals surface area contributed by atoms with E-state index in [1.54, 1.807) is 19.1 Å². The number of aromatic nitrogens is 7. The van der Waals surface area contributed by atoms with E-state index in [1.165, 1.54) is 29.1 Å². The largest absolute Gasteiger partial charge is 0.378 e. The van der Waals surface area contributed by atoms with Crippen molar-refractivity contribution < 1.29 is 31.1 Å². The second-order valence-corrected chi connectivity index (χ2v) is 17.8. The number of anilines is 3. The SMILES string of the molecule is CO[C@H]1CN(C)C(=O)[C@@H]2C[C@@H](CN2c2nc(N3CCC34CS(=O)(=O)C4)nc3c2cnn3-c2ccc(F)cc2F)Nc2cccc(n2)-c2cc(F)cc3nc(C)n(c23)C1. The van der Waals surface area contributed by atoms with Crippen molar-refractivity contribution in [3.8, 4) is 16.9 Å². The number of carbonyl (C=O) groups excluding carboxylic acids is 1. The number of benzene rings is 2. The van der Waals surface area contributed by atoms with E-state index < -0.39 is 45.0 Å². The van der Waals surface area contributed by atoms with Gasteiger partial charge in [0.25, 0.3) is 0 Å². The third-order valence-corrected chi connectivity index (χ3v) is 13.9. The molecule has 0 saturated carbocycles. The molecule has 1 spiro atoms. The van der Waals surface area contributed by atoms with Crippen molar-refractivity contribution in [2.75, 3.05) is 60.4 Å². The molecule has 4 bridgehead atoms.